The van der Waals surface area contributed by atoms with Crippen LogP contribution in [-0.4, -0.2) is 38.2 Å². The number of hydrogen-bond donors (Lipinski definition) is 0. The molecule has 0 bridgehead atoms. The fourth-order valence-corrected chi connectivity index (χ4v) is 3.93. The molecule has 3 aromatic rings. The van der Waals surface area contributed by atoms with Crippen LogP contribution >= 0.6 is 0 Å². The van der Waals surface area contributed by atoms with Crippen LogP contribution in [0.1, 0.15) is 16.7 Å². The third-order valence-corrected chi connectivity index (χ3v) is 5.72. The number of fused-ring (bicyclic) bond motifs is 1. The fourth-order valence-electron chi connectivity index (χ4n) is 3.93. The zero-order chi connectivity index (χ0) is 19.7. The van der Waals surface area contributed by atoms with Gasteiger partial charge in [-0.2, -0.15) is 0 Å². The molecule has 0 saturated carbocycles. The van der Waals surface area contributed by atoms with E-state index in [1.807, 2.05) is 12.1 Å². The zero-order valence-corrected chi connectivity index (χ0v) is 16.7. The van der Waals surface area contributed by atoms with E-state index < -0.39 is 0 Å². The van der Waals surface area contributed by atoms with Crippen molar-refractivity contribution in [3.63, 3.8) is 0 Å². The van der Waals surface area contributed by atoms with E-state index in [1.54, 1.807) is 19.2 Å². The van der Waals surface area contributed by atoms with Gasteiger partial charge in [0.05, 0.1) is 7.11 Å². The third-order valence-electron chi connectivity index (χ3n) is 5.72. The number of piperazine rings is 1. The van der Waals surface area contributed by atoms with Gasteiger partial charge in [-0.1, -0.05) is 12.1 Å². The second-order valence-electron chi connectivity index (χ2n) is 7.43. The van der Waals surface area contributed by atoms with Gasteiger partial charge >= 0.3 is 5.63 Å². The van der Waals surface area contributed by atoms with Crippen LogP contribution in [0.4, 0.5) is 5.69 Å². The molecule has 0 radical (unpaired) electrons. The van der Waals surface area contributed by atoms with E-state index in [2.05, 4.69) is 41.8 Å². The molecule has 0 atom stereocenters. The Balaban J connectivity index is 1.51. The second-order valence-corrected chi connectivity index (χ2v) is 7.43. The van der Waals surface area contributed by atoms with Gasteiger partial charge in [0, 0.05) is 55.9 Å². The maximum atomic E-state index is 12.0. The highest BCUT2D eigenvalue weighted by molar-refractivity contribution is 5.81. The predicted molar refractivity (Wildman–Crippen MR) is 112 cm³/mol. The van der Waals surface area contributed by atoms with E-state index in [0.717, 1.165) is 43.7 Å². The quantitative estimate of drug-likeness (QED) is 0.647. The molecule has 5 heteroatoms. The smallest absolute Gasteiger partial charge is 0.336 e. The van der Waals surface area contributed by atoms with Gasteiger partial charge in [-0.25, -0.2) is 4.79 Å². The Hall–Kier alpha value is -2.79. The summed E-state index contributed by atoms with van der Waals surface area (Å²) in [6.07, 6.45) is 0. The molecule has 1 aliphatic rings. The van der Waals surface area contributed by atoms with Crippen molar-refractivity contribution in [2.45, 2.75) is 20.4 Å². The predicted octanol–water partition coefficient (Wildman–Crippen LogP) is 3.74. The summed E-state index contributed by atoms with van der Waals surface area (Å²) < 4.78 is 10.6. The molecule has 2 aromatic carbocycles. The highest BCUT2D eigenvalue weighted by atomic mass is 16.5. The summed E-state index contributed by atoms with van der Waals surface area (Å²) >= 11 is 0. The Bertz CT molecular complexity index is 1050. The van der Waals surface area contributed by atoms with E-state index in [0.29, 0.717) is 11.3 Å². The number of hydrogen-bond acceptors (Lipinski definition) is 5. The van der Waals surface area contributed by atoms with Gasteiger partial charge < -0.3 is 14.1 Å². The molecule has 2 heterocycles. The van der Waals surface area contributed by atoms with E-state index in [9.17, 15) is 4.79 Å². The van der Waals surface area contributed by atoms with Crippen molar-refractivity contribution < 1.29 is 9.15 Å². The van der Waals surface area contributed by atoms with Gasteiger partial charge in [-0.3, -0.25) is 4.90 Å². The summed E-state index contributed by atoms with van der Waals surface area (Å²) in [7, 11) is 1.61. The average Bonchev–Trinajstić information content (AvgIpc) is 2.70. The molecule has 0 spiro atoms. The van der Waals surface area contributed by atoms with Gasteiger partial charge in [0.15, 0.2) is 0 Å². The molecular formula is C23H26N2O3. The van der Waals surface area contributed by atoms with Crippen LogP contribution < -0.4 is 15.3 Å². The lowest BCUT2D eigenvalue weighted by Crippen LogP contribution is -2.46. The number of benzene rings is 2. The molecule has 0 aliphatic carbocycles. The summed E-state index contributed by atoms with van der Waals surface area (Å²) in [6, 6.07) is 13.8. The van der Waals surface area contributed by atoms with E-state index in [1.165, 1.54) is 16.8 Å². The minimum Gasteiger partial charge on any atom is -0.497 e. The van der Waals surface area contributed by atoms with Crippen molar-refractivity contribution >= 4 is 16.7 Å². The van der Waals surface area contributed by atoms with Crippen LogP contribution in [0.3, 0.4) is 0 Å². The van der Waals surface area contributed by atoms with Crippen LogP contribution in [0.2, 0.25) is 0 Å². The molecule has 1 aromatic heterocycles. The lowest BCUT2D eigenvalue weighted by molar-refractivity contribution is 0.250. The summed E-state index contributed by atoms with van der Waals surface area (Å²) in [5, 5.41) is 0.970. The Morgan fingerprint density at radius 3 is 2.57 bits per heavy atom. The van der Waals surface area contributed by atoms with Crippen LogP contribution in [0.5, 0.6) is 5.75 Å². The Morgan fingerprint density at radius 2 is 1.82 bits per heavy atom. The molecule has 5 nitrogen and oxygen atoms in total. The van der Waals surface area contributed by atoms with E-state index in [-0.39, 0.29) is 5.63 Å². The number of anilines is 1. The highest BCUT2D eigenvalue weighted by Gasteiger charge is 2.20. The van der Waals surface area contributed by atoms with Crippen molar-refractivity contribution in [1.82, 2.24) is 4.90 Å². The number of ether oxygens (including phenoxy) is 1. The van der Waals surface area contributed by atoms with Gasteiger partial charge in [0.2, 0.25) is 0 Å². The summed E-state index contributed by atoms with van der Waals surface area (Å²) in [6.45, 7) is 9.00. The molecule has 0 amide bonds. The molecule has 1 fully saturated rings. The number of nitrogens with zero attached hydrogens (tertiary/aromatic N) is 2. The normalized spacial score (nSPS) is 15.2. The standard InChI is InChI=1S/C23H26N2O3/c1-16-5-4-6-21(17(16)2)25-11-9-24(10-12-25)15-18-13-23(26)28-22-14-19(27-3)7-8-20(18)22/h4-8,13-14H,9-12,15H2,1-3H3. The minimum absolute atomic E-state index is 0.315. The number of rotatable bonds is 4. The lowest BCUT2D eigenvalue weighted by atomic mass is 10.1. The fraction of sp³-hybridized carbons (Fsp3) is 0.348. The van der Waals surface area contributed by atoms with Crippen LogP contribution in [0, 0.1) is 13.8 Å². The molecular weight excluding hydrogens is 352 g/mol. The first-order chi connectivity index (χ1) is 13.5. The summed E-state index contributed by atoms with van der Waals surface area (Å²) in [4.78, 5) is 16.9. The number of methoxy groups -OCH3 is 1. The molecule has 0 N–H and O–H groups in total. The molecule has 4 rings (SSSR count). The van der Waals surface area contributed by atoms with Gasteiger partial charge in [0.1, 0.15) is 11.3 Å². The monoisotopic (exact) mass is 378 g/mol. The topological polar surface area (TPSA) is 45.9 Å². The van der Waals surface area contributed by atoms with Crippen molar-refractivity contribution in [3.8, 4) is 5.75 Å². The molecule has 28 heavy (non-hydrogen) atoms. The highest BCUT2D eigenvalue weighted by Crippen LogP contribution is 2.26. The Kier molecular flexibility index (Phi) is 5.09. The largest absolute Gasteiger partial charge is 0.497 e. The first-order valence-electron chi connectivity index (χ1n) is 9.69. The van der Waals surface area contributed by atoms with E-state index >= 15 is 0 Å². The lowest BCUT2D eigenvalue weighted by Gasteiger charge is -2.37. The van der Waals surface area contributed by atoms with Crippen molar-refractivity contribution in [3.05, 3.63) is 69.6 Å². The maximum absolute atomic E-state index is 12.0. The Morgan fingerprint density at radius 1 is 1.04 bits per heavy atom. The third kappa shape index (κ3) is 3.62. The number of aryl methyl sites for hydroxylation is 1. The second kappa shape index (κ2) is 7.68. The minimum atomic E-state index is -0.315. The molecule has 0 unspecified atom stereocenters. The van der Waals surface area contributed by atoms with Gasteiger partial charge in [0.25, 0.3) is 0 Å². The average molecular weight is 378 g/mol. The van der Waals surface area contributed by atoms with Crippen LogP contribution in [-0.2, 0) is 6.54 Å². The van der Waals surface area contributed by atoms with Crippen LogP contribution in [0.25, 0.3) is 11.0 Å². The van der Waals surface area contributed by atoms with Crippen molar-refractivity contribution in [2.75, 3.05) is 38.2 Å². The first kappa shape index (κ1) is 18.6. The van der Waals surface area contributed by atoms with E-state index in [4.69, 9.17) is 9.15 Å². The maximum Gasteiger partial charge on any atom is 0.336 e. The zero-order valence-electron chi connectivity index (χ0n) is 16.7. The SMILES string of the molecule is COc1ccc2c(CN3CCN(c4cccc(C)c4C)CC3)cc(=O)oc2c1. The molecule has 1 saturated heterocycles. The summed E-state index contributed by atoms with van der Waals surface area (Å²) in [5.74, 6) is 0.690. The molecule has 1 aliphatic heterocycles. The van der Waals surface area contributed by atoms with Crippen molar-refractivity contribution in [2.24, 2.45) is 0 Å². The molecule has 146 valence electrons. The first-order valence-corrected chi connectivity index (χ1v) is 9.69. The van der Waals surface area contributed by atoms with Gasteiger partial charge in [-0.05, 0) is 48.7 Å². The van der Waals surface area contributed by atoms with Gasteiger partial charge in [-0.15, -0.1) is 0 Å². The Labute approximate surface area is 165 Å². The summed E-state index contributed by atoms with van der Waals surface area (Å²) in [5.41, 5.74) is 5.29. The van der Waals surface area contributed by atoms with Crippen molar-refractivity contribution in [1.29, 1.82) is 0 Å². The van der Waals surface area contributed by atoms with Crippen LogP contribution in [0.15, 0.2) is 51.7 Å².